The van der Waals surface area contributed by atoms with Gasteiger partial charge in [-0.05, 0) is 32.5 Å². The number of rotatable bonds is 6. The third kappa shape index (κ3) is 4.04. The maximum Gasteiger partial charge on any atom is 0.322 e. The SMILES string of the molecule is COC(=O)C(C)N(C)CCOc1ccccc1C. The number of aryl methyl sites for hydroxylation is 1. The van der Waals surface area contributed by atoms with Gasteiger partial charge in [0.15, 0.2) is 0 Å². The van der Waals surface area contributed by atoms with Crippen molar-refractivity contribution in [2.75, 3.05) is 27.3 Å². The van der Waals surface area contributed by atoms with Crippen LogP contribution >= 0.6 is 0 Å². The van der Waals surface area contributed by atoms with Crippen LogP contribution < -0.4 is 4.74 Å². The summed E-state index contributed by atoms with van der Waals surface area (Å²) in [5, 5.41) is 0. The van der Waals surface area contributed by atoms with Crippen LogP contribution in [-0.4, -0.2) is 44.2 Å². The van der Waals surface area contributed by atoms with Crippen LogP contribution in [0.5, 0.6) is 5.75 Å². The Kier molecular flexibility index (Phi) is 5.65. The minimum absolute atomic E-state index is 0.228. The van der Waals surface area contributed by atoms with Crippen LogP contribution in [0, 0.1) is 6.92 Å². The number of nitrogens with zero attached hydrogens (tertiary/aromatic N) is 1. The molecule has 0 aromatic heterocycles. The lowest BCUT2D eigenvalue weighted by Crippen LogP contribution is -2.39. The van der Waals surface area contributed by atoms with Crippen molar-refractivity contribution in [3.63, 3.8) is 0 Å². The first kappa shape index (κ1) is 14.5. The summed E-state index contributed by atoms with van der Waals surface area (Å²) in [6.45, 7) is 5.04. The molecule has 18 heavy (non-hydrogen) atoms. The Labute approximate surface area is 108 Å². The number of hydrogen-bond acceptors (Lipinski definition) is 4. The Morgan fingerprint density at radius 2 is 2.06 bits per heavy atom. The average Bonchev–Trinajstić information content (AvgIpc) is 2.39. The quantitative estimate of drug-likeness (QED) is 0.723. The van der Waals surface area contributed by atoms with Gasteiger partial charge in [0.05, 0.1) is 7.11 Å². The van der Waals surface area contributed by atoms with Crippen LogP contribution in [-0.2, 0) is 9.53 Å². The number of carbonyl (C=O) groups excluding carboxylic acids is 1. The zero-order valence-corrected chi connectivity index (χ0v) is 11.5. The lowest BCUT2D eigenvalue weighted by atomic mass is 10.2. The van der Waals surface area contributed by atoms with Gasteiger partial charge in [-0.3, -0.25) is 9.69 Å². The van der Waals surface area contributed by atoms with Crippen LogP contribution in [0.25, 0.3) is 0 Å². The molecule has 0 aliphatic carbocycles. The summed E-state index contributed by atoms with van der Waals surface area (Å²) in [5.41, 5.74) is 1.11. The van der Waals surface area contributed by atoms with E-state index in [4.69, 9.17) is 9.47 Å². The van der Waals surface area contributed by atoms with Crippen molar-refractivity contribution in [1.29, 1.82) is 0 Å². The van der Waals surface area contributed by atoms with Gasteiger partial charge in [0.1, 0.15) is 18.4 Å². The molecule has 0 amide bonds. The normalized spacial score (nSPS) is 12.3. The number of methoxy groups -OCH3 is 1. The fourth-order valence-corrected chi connectivity index (χ4v) is 1.56. The molecule has 0 aliphatic rings. The Morgan fingerprint density at radius 1 is 1.39 bits per heavy atom. The van der Waals surface area contributed by atoms with E-state index in [2.05, 4.69) is 0 Å². The van der Waals surface area contributed by atoms with Crippen molar-refractivity contribution in [2.24, 2.45) is 0 Å². The maximum atomic E-state index is 11.3. The molecule has 0 fully saturated rings. The molecule has 0 spiro atoms. The average molecular weight is 251 g/mol. The number of ether oxygens (including phenoxy) is 2. The molecule has 100 valence electrons. The van der Waals surface area contributed by atoms with Gasteiger partial charge in [-0.2, -0.15) is 0 Å². The maximum absolute atomic E-state index is 11.3. The number of para-hydroxylation sites is 1. The number of hydrogen-bond donors (Lipinski definition) is 0. The molecule has 1 aromatic carbocycles. The highest BCUT2D eigenvalue weighted by atomic mass is 16.5. The van der Waals surface area contributed by atoms with Gasteiger partial charge in [0, 0.05) is 6.54 Å². The van der Waals surface area contributed by atoms with Crippen LogP contribution in [0.2, 0.25) is 0 Å². The lowest BCUT2D eigenvalue weighted by molar-refractivity contribution is -0.145. The van der Waals surface area contributed by atoms with E-state index >= 15 is 0 Å². The highest BCUT2D eigenvalue weighted by molar-refractivity contribution is 5.75. The third-order valence-corrected chi connectivity index (χ3v) is 3.00. The summed E-state index contributed by atoms with van der Waals surface area (Å²) in [6.07, 6.45) is 0. The molecule has 1 atom stereocenters. The van der Waals surface area contributed by atoms with Crippen molar-refractivity contribution in [2.45, 2.75) is 19.9 Å². The second kappa shape index (κ2) is 7.01. The van der Waals surface area contributed by atoms with Crippen LogP contribution in [0.1, 0.15) is 12.5 Å². The number of likely N-dealkylation sites (N-methyl/N-ethyl adjacent to an activating group) is 1. The fraction of sp³-hybridized carbons (Fsp3) is 0.500. The van der Waals surface area contributed by atoms with Crippen molar-refractivity contribution >= 4 is 5.97 Å². The van der Waals surface area contributed by atoms with Crippen LogP contribution in [0.3, 0.4) is 0 Å². The van der Waals surface area contributed by atoms with Gasteiger partial charge in [-0.25, -0.2) is 0 Å². The van der Waals surface area contributed by atoms with Gasteiger partial charge in [-0.15, -0.1) is 0 Å². The predicted octanol–water partition coefficient (Wildman–Crippen LogP) is 1.87. The standard InChI is InChI=1S/C14H21NO3/c1-11-7-5-6-8-13(11)18-10-9-15(3)12(2)14(16)17-4/h5-8,12H,9-10H2,1-4H3. The Hall–Kier alpha value is -1.55. The van der Waals surface area contributed by atoms with E-state index in [-0.39, 0.29) is 12.0 Å². The van der Waals surface area contributed by atoms with Gasteiger partial charge in [0.25, 0.3) is 0 Å². The monoisotopic (exact) mass is 251 g/mol. The summed E-state index contributed by atoms with van der Waals surface area (Å²) >= 11 is 0. The minimum atomic E-state index is -0.254. The van der Waals surface area contributed by atoms with E-state index in [9.17, 15) is 4.79 Å². The van der Waals surface area contributed by atoms with Crippen LogP contribution in [0.15, 0.2) is 24.3 Å². The van der Waals surface area contributed by atoms with Crippen molar-refractivity contribution < 1.29 is 14.3 Å². The Balaban J connectivity index is 2.38. The zero-order chi connectivity index (χ0) is 13.5. The molecule has 1 aromatic rings. The summed E-state index contributed by atoms with van der Waals surface area (Å²) < 4.78 is 10.4. The van der Waals surface area contributed by atoms with Crippen LogP contribution in [0.4, 0.5) is 0 Å². The van der Waals surface area contributed by atoms with Gasteiger partial charge in [-0.1, -0.05) is 18.2 Å². The van der Waals surface area contributed by atoms with Crippen molar-refractivity contribution in [1.82, 2.24) is 4.90 Å². The smallest absolute Gasteiger partial charge is 0.322 e. The first-order valence-corrected chi connectivity index (χ1v) is 6.02. The largest absolute Gasteiger partial charge is 0.492 e. The first-order valence-electron chi connectivity index (χ1n) is 6.02. The topological polar surface area (TPSA) is 38.8 Å². The molecule has 0 N–H and O–H groups in total. The van der Waals surface area contributed by atoms with Gasteiger partial charge < -0.3 is 9.47 Å². The van der Waals surface area contributed by atoms with Crippen molar-refractivity contribution in [3.05, 3.63) is 29.8 Å². The highest BCUT2D eigenvalue weighted by Crippen LogP contribution is 2.15. The molecule has 0 bridgehead atoms. The number of benzene rings is 1. The number of carbonyl (C=O) groups is 1. The van der Waals surface area contributed by atoms with E-state index in [0.29, 0.717) is 13.2 Å². The molecule has 0 aliphatic heterocycles. The molecule has 0 radical (unpaired) electrons. The Morgan fingerprint density at radius 3 is 2.67 bits per heavy atom. The fourth-order valence-electron chi connectivity index (χ4n) is 1.56. The summed E-state index contributed by atoms with van der Waals surface area (Å²) in [5.74, 6) is 0.657. The van der Waals surface area contributed by atoms with Crippen molar-refractivity contribution in [3.8, 4) is 5.75 Å². The summed E-state index contributed by atoms with van der Waals surface area (Å²) in [6, 6.07) is 7.63. The molecule has 1 rings (SSSR count). The molecular formula is C14H21NO3. The molecule has 0 heterocycles. The molecule has 1 unspecified atom stereocenters. The van der Waals surface area contributed by atoms with E-state index in [1.807, 2.05) is 50.1 Å². The molecule has 4 heteroatoms. The van der Waals surface area contributed by atoms with Gasteiger partial charge in [0.2, 0.25) is 0 Å². The Bertz CT molecular complexity index is 392. The molecule has 0 saturated heterocycles. The summed E-state index contributed by atoms with van der Waals surface area (Å²) in [7, 11) is 3.28. The first-order chi connectivity index (χ1) is 8.56. The third-order valence-electron chi connectivity index (χ3n) is 3.00. The molecule has 4 nitrogen and oxygen atoms in total. The second-order valence-corrected chi connectivity index (χ2v) is 4.29. The van der Waals surface area contributed by atoms with E-state index < -0.39 is 0 Å². The van der Waals surface area contributed by atoms with Gasteiger partial charge >= 0.3 is 5.97 Å². The lowest BCUT2D eigenvalue weighted by Gasteiger charge is -2.22. The second-order valence-electron chi connectivity index (χ2n) is 4.29. The molecular weight excluding hydrogens is 230 g/mol. The van der Waals surface area contributed by atoms with E-state index in [1.165, 1.54) is 7.11 Å². The highest BCUT2D eigenvalue weighted by Gasteiger charge is 2.17. The summed E-state index contributed by atoms with van der Waals surface area (Å²) in [4.78, 5) is 13.2. The van der Waals surface area contributed by atoms with E-state index in [0.717, 1.165) is 11.3 Å². The predicted molar refractivity (Wildman–Crippen MR) is 70.8 cm³/mol. The minimum Gasteiger partial charge on any atom is -0.492 e. The zero-order valence-electron chi connectivity index (χ0n) is 11.5. The van der Waals surface area contributed by atoms with E-state index in [1.54, 1.807) is 0 Å². The molecule has 0 saturated carbocycles. The number of esters is 1.